The second-order valence-corrected chi connectivity index (χ2v) is 12.7. The molecule has 3 aromatic carbocycles. The Balaban J connectivity index is 1.45. The fourth-order valence-electron chi connectivity index (χ4n) is 5.78. The van der Waals surface area contributed by atoms with Gasteiger partial charge in [-0.1, -0.05) is 55.5 Å². The number of para-hydroxylation sites is 2. The summed E-state index contributed by atoms with van der Waals surface area (Å²) in [5.74, 6) is 0.0633. The number of hydrogen-bond donors (Lipinski definition) is 6. The van der Waals surface area contributed by atoms with Gasteiger partial charge < -0.3 is 25.4 Å². The van der Waals surface area contributed by atoms with Crippen molar-refractivity contribution in [2.75, 3.05) is 25.4 Å². The van der Waals surface area contributed by atoms with Gasteiger partial charge in [-0.05, 0) is 62.2 Å². The Kier molecular flexibility index (Phi) is 6.79. The quantitative estimate of drug-likeness (QED) is 0.157. The van der Waals surface area contributed by atoms with E-state index in [1.165, 1.54) is 25.0 Å². The molecule has 2 heterocycles. The fraction of sp³-hybridized carbons (Fsp3) is 0.357. The van der Waals surface area contributed by atoms with Gasteiger partial charge >= 0.3 is 0 Å². The Morgan fingerprint density at radius 2 is 1.55 bits per heavy atom. The normalized spacial score (nSPS) is 23.0. The molecule has 3 aliphatic rings. The highest BCUT2D eigenvalue weighted by Gasteiger charge is 2.51. The first-order chi connectivity index (χ1) is 18.4. The highest BCUT2D eigenvalue weighted by Crippen LogP contribution is 2.43. The van der Waals surface area contributed by atoms with E-state index in [1.807, 2.05) is 55.5 Å². The molecular formula is C28H34N6O2S2. The molecule has 0 amide bonds. The van der Waals surface area contributed by atoms with Crippen molar-refractivity contribution in [3.63, 3.8) is 0 Å². The number of hydrogen-bond acceptors (Lipinski definition) is 8. The molecule has 6 rings (SSSR count). The SMILES string of the molecule is Cc1ccc(S(=O)(=O)NC2(C3CCCCCC3)Nc3ccccc3NC2Nc2ccc3c(c2)NSN3)cc1. The summed E-state index contributed by atoms with van der Waals surface area (Å²) in [5, 5.41) is 11.0. The van der Waals surface area contributed by atoms with Crippen molar-refractivity contribution < 1.29 is 8.42 Å². The first-order valence-corrected chi connectivity index (χ1v) is 15.6. The van der Waals surface area contributed by atoms with Crippen molar-refractivity contribution in [1.29, 1.82) is 0 Å². The van der Waals surface area contributed by atoms with Crippen LogP contribution in [0.3, 0.4) is 0 Å². The summed E-state index contributed by atoms with van der Waals surface area (Å²) in [5.41, 5.74) is 4.73. The third-order valence-electron chi connectivity index (χ3n) is 7.81. The van der Waals surface area contributed by atoms with E-state index in [-0.39, 0.29) is 10.8 Å². The summed E-state index contributed by atoms with van der Waals surface area (Å²) in [7, 11) is -3.85. The summed E-state index contributed by atoms with van der Waals surface area (Å²) in [6, 6.07) is 21.1. The molecule has 2 atom stereocenters. The molecule has 8 nitrogen and oxygen atoms in total. The van der Waals surface area contributed by atoms with E-state index in [0.29, 0.717) is 0 Å². The van der Waals surface area contributed by atoms with Crippen LogP contribution in [-0.4, -0.2) is 20.2 Å². The third kappa shape index (κ3) is 4.88. The van der Waals surface area contributed by atoms with E-state index in [4.69, 9.17) is 0 Å². The van der Waals surface area contributed by atoms with Crippen LogP contribution < -0.4 is 30.1 Å². The Hall–Kier alpha value is -3.08. The van der Waals surface area contributed by atoms with Gasteiger partial charge in [0.1, 0.15) is 11.8 Å². The predicted octanol–water partition coefficient (Wildman–Crippen LogP) is 6.32. The Morgan fingerprint density at radius 3 is 2.32 bits per heavy atom. The van der Waals surface area contributed by atoms with Gasteiger partial charge in [-0.2, -0.15) is 4.72 Å². The van der Waals surface area contributed by atoms with Gasteiger partial charge in [-0.25, -0.2) is 8.42 Å². The van der Waals surface area contributed by atoms with Crippen molar-refractivity contribution >= 4 is 50.6 Å². The highest BCUT2D eigenvalue weighted by molar-refractivity contribution is 8.02. The molecule has 200 valence electrons. The Morgan fingerprint density at radius 1 is 0.842 bits per heavy atom. The maximum Gasteiger partial charge on any atom is 0.242 e. The lowest BCUT2D eigenvalue weighted by Gasteiger charge is -2.51. The van der Waals surface area contributed by atoms with Crippen molar-refractivity contribution in [1.82, 2.24) is 4.72 Å². The minimum atomic E-state index is -3.85. The summed E-state index contributed by atoms with van der Waals surface area (Å²) in [6.07, 6.45) is 5.87. The van der Waals surface area contributed by atoms with Gasteiger partial charge in [0.05, 0.1) is 39.8 Å². The van der Waals surface area contributed by atoms with E-state index in [0.717, 1.165) is 59.7 Å². The van der Waals surface area contributed by atoms with Crippen LogP contribution >= 0.6 is 12.1 Å². The largest absolute Gasteiger partial charge is 0.362 e. The maximum atomic E-state index is 14.0. The third-order valence-corrected chi connectivity index (χ3v) is 9.95. The topological polar surface area (TPSA) is 106 Å². The zero-order chi connectivity index (χ0) is 26.2. The average Bonchev–Trinajstić information content (AvgIpc) is 3.20. The maximum absolute atomic E-state index is 14.0. The average molecular weight is 551 g/mol. The molecule has 1 aliphatic carbocycles. The molecule has 3 aromatic rings. The first kappa shape index (κ1) is 25.2. The van der Waals surface area contributed by atoms with Crippen LogP contribution in [0.1, 0.15) is 44.1 Å². The lowest BCUT2D eigenvalue weighted by Crippen LogP contribution is -2.71. The molecule has 2 unspecified atom stereocenters. The molecule has 10 heteroatoms. The van der Waals surface area contributed by atoms with Crippen molar-refractivity contribution in [2.45, 2.75) is 62.2 Å². The molecule has 0 spiro atoms. The number of rotatable bonds is 6. The molecule has 0 bridgehead atoms. The summed E-state index contributed by atoms with van der Waals surface area (Å²) < 4.78 is 37.7. The van der Waals surface area contributed by atoms with Gasteiger partial charge in [0.2, 0.25) is 10.0 Å². The van der Waals surface area contributed by atoms with Gasteiger partial charge in [-0.15, -0.1) is 0 Å². The second-order valence-electron chi connectivity index (χ2n) is 10.4. The zero-order valence-electron chi connectivity index (χ0n) is 21.4. The Bertz CT molecular complexity index is 1410. The van der Waals surface area contributed by atoms with E-state index >= 15 is 0 Å². The number of fused-ring (bicyclic) bond motifs is 2. The second kappa shape index (κ2) is 10.2. The van der Waals surface area contributed by atoms with Crippen molar-refractivity contribution in [2.24, 2.45) is 5.92 Å². The minimum absolute atomic E-state index is 0.0633. The van der Waals surface area contributed by atoms with Crippen LogP contribution in [0.5, 0.6) is 0 Å². The predicted molar refractivity (Wildman–Crippen MR) is 158 cm³/mol. The number of benzene rings is 3. The van der Waals surface area contributed by atoms with Crippen LogP contribution in [0.2, 0.25) is 0 Å². The van der Waals surface area contributed by atoms with Gasteiger partial charge in [-0.3, -0.25) is 0 Å². The molecule has 6 N–H and O–H groups in total. The minimum Gasteiger partial charge on any atom is -0.362 e. The molecule has 38 heavy (non-hydrogen) atoms. The molecular weight excluding hydrogens is 516 g/mol. The molecule has 0 radical (unpaired) electrons. The van der Waals surface area contributed by atoms with Gasteiger partial charge in [0.15, 0.2) is 0 Å². The van der Waals surface area contributed by atoms with Crippen molar-refractivity contribution in [3.8, 4) is 0 Å². The lowest BCUT2D eigenvalue weighted by molar-refractivity contribution is 0.227. The van der Waals surface area contributed by atoms with Crippen LogP contribution in [0.15, 0.2) is 71.6 Å². The summed E-state index contributed by atoms with van der Waals surface area (Å²) in [4.78, 5) is 0.264. The monoisotopic (exact) mass is 550 g/mol. The standard InChI is InChI=1S/C28H34N6O2S2/c1-19-12-15-22(16-13-19)38(35,36)34-28(20-8-4-2-3-5-9-20)27(30-23-10-6-7-11-24(23)31-28)29-21-14-17-25-26(18-21)33-37-32-25/h6-7,10-18,20,27,29-34H,2-5,8-9H2,1H3. The molecule has 1 saturated carbocycles. The number of aryl methyl sites for hydroxylation is 1. The number of nitrogens with one attached hydrogen (secondary N) is 6. The molecule has 1 fully saturated rings. The van der Waals surface area contributed by atoms with Crippen LogP contribution in [0, 0.1) is 12.8 Å². The van der Waals surface area contributed by atoms with Crippen LogP contribution in [0.25, 0.3) is 0 Å². The number of sulfonamides is 1. The van der Waals surface area contributed by atoms with Crippen LogP contribution in [0.4, 0.5) is 28.4 Å². The van der Waals surface area contributed by atoms with E-state index in [1.54, 1.807) is 12.1 Å². The van der Waals surface area contributed by atoms with Gasteiger partial charge in [0.25, 0.3) is 0 Å². The zero-order valence-corrected chi connectivity index (χ0v) is 23.0. The van der Waals surface area contributed by atoms with E-state index in [9.17, 15) is 8.42 Å². The molecule has 2 aliphatic heterocycles. The first-order valence-electron chi connectivity index (χ1n) is 13.3. The van der Waals surface area contributed by atoms with Gasteiger partial charge in [0, 0.05) is 11.6 Å². The summed E-state index contributed by atoms with van der Waals surface area (Å²) >= 11 is 1.43. The smallest absolute Gasteiger partial charge is 0.242 e. The van der Waals surface area contributed by atoms with Crippen LogP contribution in [-0.2, 0) is 10.0 Å². The fourth-order valence-corrected chi connectivity index (χ4v) is 7.79. The Labute approximate surface area is 229 Å². The lowest BCUT2D eigenvalue weighted by atomic mass is 9.82. The highest BCUT2D eigenvalue weighted by atomic mass is 32.2. The molecule has 0 saturated heterocycles. The van der Waals surface area contributed by atoms with E-state index in [2.05, 4.69) is 36.2 Å². The van der Waals surface area contributed by atoms with E-state index < -0.39 is 21.9 Å². The summed E-state index contributed by atoms with van der Waals surface area (Å²) in [6.45, 7) is 1.96. The molecule has 0 aromatic heterocycles. The van der Waals surface area contributed by atoms with Crippen molar-refractivity contribution in [3.05, 3.63) is 72.3 Å². The number of anilines is 5.